The first-order valence-electron chi connectivity index (χ1n) is 21.1. The largest absolute Gasteiger partial charge is 0.462 e. The van der Waals surface area contributed by atoms with Crippen LogP contribution in [0.5, 0.6) is 0 Å². The van der Waals surface area contributed by atoms with Crippen LogP contribution in [-0.2, 0) is 38.7 Å². The molecule has 13 heteroatoms. The summed E-state index contributed by atoms with van der Waals surface area (Å²) in [4.78, 5) is 25.3. The van der Waals surface area contributed by atoms with Gasteiger partial charge in [-0.1, -0.05) is 162 Å². The number of aliphatic hydroxyl groups excluding tert-OH is 3. The molecule has 1 fully saturated rings. The van der Waals surface area contributed by atoms with Gasteiger partial charge in [0.2, 0.25) is 0 Å². The summed E-state index contributed by atoms with van der Waals surface area (Å²) in [5, 5.41) is 30.8. The van der Waals surface area contributed by atoms with Crippen molar-refractivity contribution in [3.05, 3.63) is 0 Å². The van der Waals surface area contributed by atoms with Crippen LogP contribution >= 0.6 is 0 Å². The topological polar surface area (TPSA) is 186 Å². The Bertz CT molecular complexity index is 1010. The molecule has 53 heavy (non-hydrogen) atoms. The van der Waals surface area contributed by atoms with Gasteiger partial charge in [-0.25, -0.2) is 0 Å². The smallest absolute Gasteiger partial charge is 0.306 e. The Morgan fingerprint density at radius 1 is 0.566 bits per heavy atom. The fraction of sp³-hybridized carbons (Fsp3) is 0.950. The Labute approximate surface area is 321 Å². The minimum absolute atomic E-state index is 0.171. The van der Waals surface area contributed by atoms with Crippen molar-refractivity contribution in [3.63, 3.8) is 0 Å². The fourth-order valence-electron chi connectivity index (χ4n) is 6.62. The number of carbonyl (C=O) groups excluding carboxylic acids is 2. The van der Waals surface area contributed by atoms with Gasteiger partial charge in [-0.05, 0) is 12.8 Å². The first-order chi connectivity index (χ1) is 25.5. The number of carbonyl (C=O) groups is 2. The van der Waals surface area contributed by atoms with Crippen LogP contribution in [0.25, 0.3) is 0 Å². The predicted molar refractivity (Wildman–Crippen MR) is 206 cm³/mol. The summed E-state index contributed by atoms with van der Waals surface area (Å²) in [6, 6.07) is 0. The van der Waals surface area contributed by atoms with E-state index in [0.717, 1.165) is 38.5 Å². The van der Waals surface area contributed by atoms with Gasteiger partial charge in [0.1, 0.15) is 36.8 Å². The number of rotatable bonds is 35. The van der Waals surface area contributed by atoms with Crippen molar-refractivity contribution < 1.29 is 56.8 Å². The number of hydrogen-bond donors (Lipinski definition) is 4. The fourth-order valence-corrected chi connectivity index (χ4v) is 7.31. The van der Waals surface area contributed by atoms with Crippen LogP contribution < -0.4 is 0 Å². The van der Waals surface area contributed by atoms with E-state index in [0.29, 0.717) is 12.8 Å². The van der Waals surface area contributed by atoms with Crippen LogP contribution in [0.3, 0.4) is 0 Å². The van der Waals surface area contributed by atoms with E-state index in [1.165, 1.54) is 109 Å². The van der Waals surface area contributed by atoms with Crippen molar-refractivity contribution in [1.29, 1.82) is 0 Å². The summed E-state index contributed by atoms with van der Waals surface area (Å²) in [5.41, 5.74) is 0. The van der Waals surface area contributed by atoms with Gasteiger partial charge in [-0.2, -0.15) is 8.42 Å². The monoisotopic (exact) mass is 781 g/mol. The molecule has 1 aliphatic rings. The maximum atomic E-state index is 12.7. The molecule has 0 aromatic carbocycles. The van der Waals surface area contributed by atoms with Crippen molar-refractivity contribution in [2.45, 2.75) is 224 Å². The highest BCUT2D eigenvalue weighted by Crippen LogP contribution is 2.24. The summed E-state index contributed by atoms with van der Waals surface area (Å²) in [5.74, 6) is -1.97. The summed E-state index contributed by atoms with van der Waals surface area (Å²) in [7, 11) is -4.59. The third-order valence-electron chi connectivity index (χ3n) is 9.94. The maximum absolute atomic E-state index is 12.7. The molecule has 0 bridgehead atoms. The Morgan fingerprint density at radius 2 is 0.962 bits per heavy atom. The Hall–Kier alpha value is -1.35. The van der Waals surface area contributed by atoms with Crippen molar-refractivity contribution in [2.24, 2.45) is 0 Å². The molecule has 0 amide bonds. The second kappa shape index (κ2) is 31.8. The van der Waals surface area contributed by atoms with Crippen LogP contribution in [0, 0.1) is 0 Å². The zero-order chi connectivity index (χ0) is 39.2. The SMILES string of the molecule is CCCCCCCCCCCCCCCCCC(=O)OC[C@H](CO[C@H]1O[C@H](CS(=O)(=O)O)[C@@H](O)C(O)C1O)OC(=O)CCCCCCCCCCCC. The zero-order valence-electron chi connectivity index (χ0n) is 33.1. The van der Waals surface area contributed by atoms with E-state index in [1.54, 1.807) is 0 Å². The number of unbranched alkanes of at least 4 members (excludes halogenated alkanes) is 23. The molecular weight excluding hydrogens is 704 g/mol. The van der Waals surface area contributed by atoms with Gasteiger partial charge in [-0.3, -0.25) is 14.1 Å². The van der Waals surface area contributed by atoms with Gasteiger partial charge in [0.25, 0.3) is 10.1 Å². The van der Waals surface area contributed by atoms with Gasteiger partial charge in [0.05, 0.1) is 6.61 Å². The van der Waals surface area contributed by atoms with Crippen molar-refractivity contribution in [2.75, 3.05) is 19.0 Å². The van der Waals surface area contributed by atoms with Gasteiger partial charge in [-0.15, -0.1) is 0 Å². The molecule has 1 saturated heterocycles. The molecule has 6 atom stereocenters. The van der Waals surface area contributed by atoms with Gasteiger partial charge in [0, 0.05) is 12.8 Å². The standard InChI is InChI=1S/C40H76O12S/c1-3-5-7-9-11-13-15-16-17-18-19-21-22-24-26-28-35(41)49-30-33(51-36(42)29-27-25-23-20-14-12-10-8-6-4-2)31-50-40-39(45)38(44)37(43)34(52-40)32-53(46,47)48/h33-34,37-40,43-45H,3-32H2,1-2H3,(H,46,47,48)/t33-,34-,37-,38?,39?,40+/m1/s1. The molecule has 4 N–H and O–H groups in total. The van der Waals surface area contributed by atoms with Crippen LogP contribution in [0.4, 0.5) is 0 Å². The molecule has 1 aliphatic heterocycles. The second-order valence-electron chi connectivity index (χ2n) is 15.0. The Morgan fingerprint density at radius 3 is 1.38 bits per heavy atom. The molecule has 1 heterocycles. The van der Waals surface area contributed by atoms with Crippen molar-refractivity contribution in [3.8, 4) is 0 Å². The molecule has 0 radical (unpaired) electrons. The molecule has 12 nitrogen and oxygen atoms in total. The highest BCUT2D eigenvalue weighted by molar-refractivity contribution is 7.85. The highest BCUT2D eigenvalue weighted by Gasteiger charge is 2.46. The third kappa shape index (κ3) is 27.0. The minimum Gasteiger partial charge on any atom is -0.462 e. The van der Waals surface area contributed by atoms with Crippen molar-refractivity contribution >= 4 is 22.1 Å². The average molecular weight is 781 g/mol. The van der Waals surface area contributed by atoms with Crippen LogP contribution in [0.2, 0.25) is 0 Å². The molecule has 0 spiro atoms. The van der Waals surface area contributed by atoms with Gasteiger partial charge >= 0.3 is 11.9 Å². The van der Waals surface area contributed by atoms with E-state index in [2.05, 4.69) is 13.8 Å². The summed E-state index contributed by atoms with van der Waals surface area (Å²) in [6.45, 7) is 3.74. The lowest BCUT2D eigenvalue weighted by molar-refractivity contribution is -0.297. The normalized spacial score (nSPS) is 21.1. The maximum Gasteiger partial charge on any atom is 0.306 e. The molecule has 1 rings (SSSR count). The predicted octanol–water partition coefficient (Wildman–Crippen LogP) is 7.73. The van der Waals surface area contributed by atoms with Crippen LogP contribution in [0.15, 0.2) is 0 Å². The third-order valence-corrected chi connectivity index (χ3v) is 10.7. The van der Waals surface area contributed by atoms with E-state index in [4.69, 9.17) is 18.9 Å². The summed E-state index contributed by atoms with van der Waals surface area (Å²) in [6.07, 6.45) is 20.2. The number of aliphatic hydroxyl groups is 3. The number of hydrogen-bond acceptors (Lipinski definition) is 11. The number of esters is 2. The molecule has 0 saturated carbocycles. The molecule has 0 aromatic heterocycles. The minimum atomic E-state index is -4.59. The zero-order valence-corrected chi connectivity index (χ0v) is 34.0. The highest BCUT2D eigenvalue weighted by atomic mass is 32.2. The second-order valence-corrected chi connectivity index (χ2v) is 16.5. The number of ether oxygens (including phenoxy) is 4. The lowest BCUT2D eigenvalue weighted by Crippen LogP contribution is -2.60. The molecule has 0 aliphatic carbocycles. The summed E-state index contributed by atoms with van der Waals surface area (Å²) >= 11 is 0. The van der Waals surface area contributed by atoms with E-state index in [1.807, 2.05) is 0 Å². The van der Waals surface area contributed by atoms with E-state index in [9.17, 15) is 37.9 Å². The Kier molecular flexibility index (Phi) is 29.8. The molecule has 2 unspecified atom stereocenters. The van der Waals surface area contributed by atoms with Crippen molar-refractivity contribution in [1.82, 2.24) is 0 Å². The first kappa shape index (κ1) is 49.7. The lowest BCUT2D eigenvalue weighted by atomic mass is 10.00. The molecule has 314 valence electrons. The molecular formula is C40H76O12S. The van der Waals surface area contributed by atoms with Crippen LogP contribution in [0.1, 0.15) is 187 Å². The lowest BCUT2D eigenvalue weighted by Gasteiger charge is -2.40. The van der Waals surface area contributed by atoms with Gasteiger partial charge < -0.3 is 34.3 Å². The van der Waals surface area contributed by atoms with Gasteiger partial charge in [0.15, 0.2) is 12.4 Å². The first-order valence-corrected chi connectivity index (χ1v) is 22.7. The van der Waals surface area contributed by atoms with E-state index in [-0.39, 0.29) is 19.4 Å². The molecule has 0 aromatic rings. The van der Waals surface area contributed by atoms with E-state index < -0.39 is 71.2 Å². The Balaban J connectivity index is 2.45. The quantitative estimate of drug-likeness (QED) is 0.0279. The average Bonchev–Trinajstić information content (AvgIpc) is 3.12. The van der Waals surface area contributed by atoms with Crippen LogP contribution in [-0.4, -0.2) is 96.0 Å². The summed E-state index contributed by atoms with van der Waals surface area (Å²) < 4.78 is 53.9. The van der Waals surface area contributed by atoms with E-state index >= 15 is 0 Å².